The Bertz CT molecular complexity index is 983. The molecular formula is C15H19N9O4. The van der Waals surface area contributed by atoms with Gasteiger partial charge in [-0.05, 0) is 24.5 Å². The zero-order chi connectivity index (χ0) is 20.1. The molecule has 0 saturated carbocycles. The minimum Gasteiger partial charge on any atom is -0.371 e. The first-order valence-electron chi connectivity index (χ1n) is 8.58. The van der Waals surface area contributed by atoms with E-state index in [-0.39, 0.29) is 11.9 Å². The molecule has 13 nitrogen and oxygen atoms in total. The van der Waals surface area contributed by atoms with Crippen molar-refractivity contribution in [2.75, 3.05) is 19.4 Å². The van der Waals surface area contributed by atoms with Crippen molar-refractivity contribution in [1.29, 1.82) is 0 Å². The second kappa shape index (κ2) is 6.56. The lowest BCUT2D eigenvalue weighted by Crippen LogP contribution is -2.41. The molecule has 0 spiro atoms. The SMILES string of the molecule is CNC(=O)[C@H]1O[C@@H](n2cnc3c(NC)nc(N=[N+]=[N-])nc32)[C@@H]2OC(C)(C)O[C@@H]21. The summed E-state index contributed by atoms with van der Waals surface area (Å²) in [6.45, 7) is 3.55. The summed E-state index contributed by atoms with van der Waals surface area (Å²) >= 11 is 0. The smallest absolute Gasteiger partial charge is 0.251 e. The fourth-order valence-electron chi connectivity index (χ4n) is 3.50. The summed E-state index contributed by atoms with van der Waals surface area (Å²) in [7, 11) is 3.20. The lowest BCUT2D eigenvalue weighted by Gasteiger charge is -2.24. The van der Waals surface area contributed by atoms with Gasteiger partial charge >= 0.3 is 0 Å². The van der Waals surface area contributed by atoms with Crippen LogP contribution in [0.25, 0.3) is 21.6 Å². The van der Waals surface area contributed by atoms with Gasteiger partial charge < -0.3 is 24.8 Å². The maximum atomic E-state index is 12.3. The number of nitrogens with zero attached hydrogens (tertiary/aromatic N) is 7. The number of fused-ring (bicyclic) bond motifs is 2. The first-order chi connectivity index (χ1) is 13.4. The number of nitrogens with one attached hydrogen (secondary N) is 2. The second-order valence-corrected chi connectivity index (χ2v) is 6.76. The van der Waals surface area contributed by atoms with Gasteiger partial charge in [-0.25, -0.2) is 15.0 Å². The molecule has 0 radical (unpaired) electrons. The number of imidazole rings is 1. The third-order valence-corrected chi connectivity index (χ3v) is 4.59. The van der Waals surface area contributed by atoms with Crippen molar-refractivity contribution >= 4 is 28.8 Å². The maximum Gasteiger partial charge on any atom is 0.251 e. The van der Waals surface area contributed by atoms with Gasteiger partial charge in [0.1, 0.15) is 12.2 Å². The number of anilines is 1. The Morgan fingerprint density at radius 1 is 1.32 bits per heavy atom. The predicted molar refractivity (Wildman–Crippen MR) is 95.5 cm³/mol. The van der Waals surface area contributed by atoms with E-state index >= 15 is 0 Å². The van der Waals surface area contributed by atoms with Crippen LogP contribution >= 0.6 is 0 Å². The summed E-state index contributed by atoms with van der Waals surface area (Å²) in [6.07, 6.45) is -1.23. The molecule has 4 rings (SSSR count). The molecule has 13 heteroatoms. The first-order valence-corrected chi connectivity index (χ1v) is 8.58. The maximum absolute atomic E-state index is 12.3. The zero-order valence-electron chi connectivity index (χ0n) is 15.7. The van der Waals surface area contributed by atoms with Crippen LogP contribution in [-0.4, -0.2) is 63.6 Å². The lowest BCUT2D eigenvalue weighted by atomic mass is 10.1. The molecule has 0 aliphatic carbocycles. The van der Waals surface area contributed by atoms with Crippen LogP contribution in [0.5, 0.6) is 0 Å². The van der Waals surface area contributed by atoms with Crippen LogP contribution in [0.3, 0.4) is 0 Å². The van der Waals surface area contributed by atoms with Gasteiger partial charge in [0.05, 0.1) is 6.33 Å². The van der Waals surface area contributed by atoms with Crippen molar-refractivity contribution in [3.8, 4) is 0 Å². The molecular weight excluding hydrogens is 370 g/mol. The van der Waals surface area contributed by atoms with Crippen LogP contribution in [0.1, 0.15) is 20.1 Å². The van der Waals surface area contributed by atoms with Crippen LogP contribution in [0.15, 0.2) is 11.4 Å². The molecule has 0 unspecified atom stereocenters. The zero-order valence-corrected chi connectivity index (χ0v) is 15.7. The predicted octanol–water partition coefficient (Wildman–Crippen LogP) is 0.973. The van der Waals surface area contributed by atoms with Crippen LogP contribution in [-0.2, 0) is 19.0 Å². The third-order valence-electron chi connectivity index (χ3n) is 4.59. The molecule has 2 fully saturated rings. The van der Waals surface area contributed by atoms with Crippen molar-refractivity contribution in [2.24, 2.45) is 5.11 Å². The lowest BCUT2D eigenvalue weighted by molar-refractivity contribution is -0.197. The highest BCUT2D eigenvalue weighted by Gasteiger charge is 2.58. The minimum atomic E-state index is -0.874. The van der Waals surface area contributed by atoms with E-state index < -0.39 is 30.3 Å². The standard InChI is InChI=1S/C15H19N9O4/c1-15(2)27-7-8(12(25)18-4)26-13(9(7)28-15)24-5-19-6-10(17-3)20-14(22-23-16)21-11(6)24/h5,7-9,13H,1-4H3,(H,18,25)(H,17,20,21)/t7-,8+,9-,13-/m1/s1. The number of hydrogen-bond acceptors (Lipinski definition) is 9. The molecule has 4 atom stereocenters. The van der Waals surface area contributed by atoms with E-state index in [1.807, 2.05) is 0 Å². The Labute approximate surface area is 159 Å². The van der Waals surface area contributed by atoms with E-state index in [9.17, 15) is 4.79 Å². The number of hydrogen-bond donors (Lipinski definition) is 2. The summed E-state index contributed by atoms with van der Waals surface area (Å²) in [5.74, 6) is -0.861. The van der Waals surface area contributed by atoms with Crippen LogP contribution in [0, 0.1) is 0 Å². The highest BCUT2D eigenvalue weighted by Crippen LogP contribution is 2.44. The number of carbonyl (C=O) groups excluding carboxylic acids is 1. The van der Waals surface area contributed by atoms with Gasteiger partial charge in [0, 0.05) is 19.0 Å². The molecule has 2 aromatic heterocycles. The number of ether oxygens (including phenoxy) is 3. The third kappa shape index (κ3) is 2.81. The Hall–Kier alpha value is -2.99. The van der Waals surface area contributed by atoms with E-state index in [2.05, 4.69) is 35.6 Å². The molecule has 0 bridgehead atoms. The minimum absolute atomic E-state index is 0.0672. The molecule has 2 saturated heterocycles. The first kappa shape index (κ1) is 18.4. The average Bonchev–Trinajstić information content (AvgIpc) is 3.31. The van der Waals surface area contributed by atoms with E-state index in [4.69, 9.17) is 19.7 Å². The molecule has 2 aromatic rings. The normalized spacial score (nSPS) is 28.0. The van der Waals surface area contributed by atoms with Crippen molar-refractivity contribution in [3.63, 3.8) is 0 Å². The van der Waals surface area contributed by atoms with Crippen molar-refractivity contribution in [2.45, 2.75) is 44.2 Å². The van der Waals surface area contributed by atoms with Gasteiger partial charge in [-0.1, -0.05) is 0 Å². The summed E-state index contributed by atoms with van der Waals surface area (Å²) in [6, 6.07) is 0. The second-order valence-electron chi connectivity index (χ2n) is 6.76. The molecule has 2 aliphatic rings. The van der Waals surface area contributed by atoms with Gasteiger partial charge in [0.2, 0.25) is 5.95 Å². The number of likely N-dealkylation sites (N-methyl/N-ethyl adjacent to an activating group) is 1. The monoisotopic (exact) mass is 389 g/mol. The summed E-state index contributed by atoms with van der Waals surface area (Å²) in [4.78, 5) is 27.8. The van der Waals surface area contributed by atoms with E-state index in [0.29, 0.717) is 17.0 Å². The van der Waals surface area contributed by atoms with Crippen molar-refractivity contribution in [3.05, 3.63) is 16.8 Å². The summed E-state index contributed by atoms with van der Waals surface area (Å²) in [5.41, 5.74) is 9.55. The van der Waals surface area contributed by atoms with E-state index in [0.717, 1.165) is 0 Å². The fourth-order valence-corrected chi connectivity index (χ4v) is 3.50. The van der Waals surface area contributed by atoms with Crippen molar-refractivity contribution in [1.82, 2.24) is 24.8 Å². The highest BCUT2D eigenvalue weighted by atomic mass is 16.8. The fraction of sp³-hybridized carbons (Fsp3) is 0.600. The van der Waals surface area contributed by atoms with E-state index in [1.165, 1.54) is 13.4 Å². The summed E-state index contributed by atoms with van der Waals surface area (Å²) < 4.78 is 19.5. The summed E-state index contributed by atoms with van der Waals surface area (Å²) in [5, 5.41) is 8.95. The highest BCUT2D eigenvalue weighted by molar-refractivity contribution is 5.84. The number of aromatic nitrogens is 4. The van der Waals surface area contributed by atoms with E-state index in [1.54, 1.807) is 25.5 Å². The topological polar surface area (TPSA) is 161 Å². The molecule has 1 amide bonds. The molecule has 0 aromatic carbocycles. The Morgan fingerprint density at radius 2 is 2.07 bits per heavy atom. The van der Waals surface area contributed by atoms with Crippen LogP contribution in [0.2, 0.25) is 0 Å². The van der Waals surface area contributed by atoms with Gasteiger partial charge in [0.25, 0.3) is 5.91 Å². The number of amides is 1. The molecule has 148 valence electrons. The number of azide groups is 1. The average molecular weight is 389 g/mol. The number of rotatable bonds is 4. The van der Waals surface area contributed by atoms with Gasteiger partial charge in [0.15, 0.2) is 35.1 Å². The molecule has 2 aliphatic heterocycles. The molecule has 4 heterocycles. The molecule has 28 heavy (non-hydrogen) atoms. The Morgan fingerprint density at radius 3 is 2.75 bits per heavy atom. The quantitative estimate of drug-likeness (QED) is 0.444. The van der Waals surface area contributed by atoms with Crippen LogP contribution < -0.4 is 10.6 Å². The van der Waals surface area contributed by atoms with Crippen LogP contribution in [0.4, 0.5) is 11.8 Å². The largest absolute Gasteiger partial charge is 0.371 e. The van der Waals surface area contributed by atoms with Gasteiger partial charge in [-0.15, -0.1) is 0 Å². The Balaban J connectivity index is 1.82. The van der Waals surface area contributed by atoms with Gasteiger partial charge in [-0.3, -0.25) is 9.36 Å². The van der Waals surface area contributed by atoms with Gasteiger partial charge in [-0.2, -0.15) is 0 Å². The Kier molecular flexibility index (Phi) is 4.31. The van der Waals surface area contributed by atoms with Crippen molar-refractivity contribution < 1.29 is 19.0 Å². The number of carbonyl (C=O) groups is 1. The molecule has 2 N–H and O–H groups in total.